The summed E-state index contributed by atoms with van der Waals surface area (Å²) >= 11 is 5.78. The van der Waals surface area contributed by atoms with E-state index in [4.69, 9.17) is 11.6 Å². The molecule has 21 heavy (non-hydrogen) atoms. The third-order valence-corrected chi connectivity index (χ3v) is 3.74. The van der Waals surface area contributed by atoms with Gasteiger partial charge in [-0.1, -0.05) is 23.8 Å². The number of rotatable bonds is 5. The van der Waals surface area contributed by atoms with Crippen LogP contribution in [0.5, 0.6) is 0 Å². The minimum Gasteiger partial charge on any atom is -0.336 e. The van der Waals surface area contributed by atoms with Crippen molar-refractivity contribution in [3.63, 3.8) is 0 Å². The molecule has 112 valence electrons. The SMILES string of the molecule is CN(CC(=O)Nc1ccc(Cl)cc1)C(=O)C[C@@H]1C=CCC1. The van der Waals surface area contributed by atoms with E-state index in [1.165, 1.54) is 4.90 Å². The third kappa shape index (κ3) is 4.90. The molecule has 5 heteroatoms. The van der Waals surface area contributed by atoms with Crippen LogP contribution in [-0.2, 0) is 9.59 Å². The molecule has 4 nitrogen and oxygen atoms in total. The van der Waals surface area contributed by atoms with Crippen molar-refractivity contribution in [1.29, 1.82) is 0 Å². The summed E-state index contributed by atoms with van der Waals surface area (Å²) in [4.78, 5) is 25.4. The van der Waals surface area contributed by atoms with E-state index >= 15 is 0 Å². The number of benzene rings is 1. The van der Waals surface area contributed by atoms with Gasteiger partial charge in [-0.25, -0.2) is 0 Å². The van der Waals surface area contributed by atoms with Gasteiger partial charge in [0.15, 0.2) is 0 Å². The normalized spacial score (nSPS) is 16.8. The van der Waals surface area contributed by atoms with E-state index in [-0.39, 0.29) is 18.4 Å². The highest BCUT2D eigenvalue weighted by atomic mass is 35.5. The summed E-state index contributed by atoms with van der Waals surface area (Å²) in [5, 5.41) is 3.36. The van der Waals surface area contributed by atoms with Gasteiger partial charge in [-0.15, -0.1) is 0 Å². The van der Waals surface area contributed by atoms with Crippen LogP contribution in [0.15, 0.2) is 36.4 Å². The lowest BCUT2D eigenvalue weighted by molar-refractivity contribution is -0.133. The number of likely N-dealkylation sites (N-methyl/N-ethyl adjacent to an activating group) is 1. The molecule has 0 bridgehead atoms. The first-order chi connectivity index (χ1) is 10.0. The molecule has 1 aromatic rings. The summed E-state index contributed by atoms with van der Waals surface area (Å²) in [6.45, 7) is 0.0535. The van der Waals surface area contributed by atoms with Crippen LogP contribution in [0, 0.1) is 5.92 Å². The Morgan fingerprint density at radius 3 is 2.67 bits per heavy atom. The van der Waals surface area contributed by atoms with Crippen molar-refractivity contribution >= 4 is 29.1 Å². The number of carbonyl (C=O) groups is 2. The molecule has 1 atom stereocenters. The number of nitrogens with one attached hydrogen (secondary N) is 1. The fourth-order valence-corrected chi connectivity index (χ4v) is 2.41. The van der Waals surface area contributed by atoms with Crippen LogP contribution in [0.3, 0.4) is 0 Å². The first-order valence-electron chi connectivity index (χ1n) is 7.00. The monoisotopic (exact) mass is 306 g/mol. The molecule has 0 aliphatic heterocycles. The van der Waals surface area contributed by atoms with E-state index in [0.29, 0.717) is 23.0 Å². The van der Waals surface area contributed by atoms with Crippen LogP contribution in [0.1, 0.15) is 19.3 Å². The van der Waals surface area contributed by atoms with Gasteiger partial charge in [0.25, 0.3) is 0 Å². The first-order valence-corrected chi connectivity index (χ1v) is 7.38. The number of nitrogens with zero attached hydrogens (tertiary/aromatic N) is 1. The zero-order valence-corrected chi connectivity index (χ0v) is 12.8. The van der Waals surface area contributed by atoms with Crippen molar-refractivity contribution < 1.29 is 9.59 Å². The lowest BCUT2D eigenvalue weighted by Gasteiger charge is -2.18. The van der Waals surface area contributed by atoms with Gasteiger partial charge < -0.3 is 10.2 Å². The predicted octanol–water partition coefficient (Wildman–Crippen LogP) is 3.09. The predicted molar refractivity (Wildman–Crippen MR) is 84.2 cm³/mol. The molecule has 2 rings (SSSR count). The van der Waals surface area contributed by atoms with Gasteiger partial charge >= 0.3 is 0 Å². The molecule has 0 heterocycles. The Kier molecular flexibility index (Phi) is 5.39. The number of amides is 2. The summed E-state index contributed by atoms with van der Waals surface area (Å²) < 4.78 is 0. The van der Waals surface area contributed by atoms with Crippen LogP contribution in [0.4, 0.5) is 5.69 Å². The van der Waals surface area contributed by atoms with E-state index < -0.39 is 0 Å². The van der Waals surface area contributed by atoms with Crippen molar-refractivity contribution in [1.82, 2.24) is 4.90 Å². The topological polar surface area (TPSA) is 49.4 Å². The maximum atomic E-state index is 12.0. The van der Waals surface area contributed by atoms with Crippen molar-refractivity contribution in [3.8, 4) is 0 Å². The largest absolute Gasteiger partial charge is 0.336 e. The molecule has 1 aromatic carbocycles. The maximum Gasteiger partial charge on any atom is 0.243 e. The molecule has 2 amide bonds. The van der Waals surface area contributed by atoms with E-state index in [9.17, 15) is 9.59 Å². The Balaban J connectivity index is 1.79. The average molecular weight is 307 g/mol. The van der Waals surface area contributed by atoms with Gasteiger partial charge in [-0.3, -0.25) is 9.59 Å². The molecule has 0 aromatic heterocycles. The summed E-state index contributed by atoms with van der Waals surface area (Å²) in [5.41, 5.74) is 0.670. The van der Waals surface area contributed by atoms with Gasteiger partial charge in [-0.2, -0.15) is 0 Å². The molecular formula is C16H19ClN2O2. The molecule has 1 aliphatic carbocycles. The molecule has 0 saturated heterocycles. The Hall–Kier alpha value is -1.81. The summed E-state index contributed by atoms with van der Waals surface area (Å²) in [7, 11) is 1.66. The number of allylic oxidation sites excluding steroid dienone is 2. The van der Waals surface area contributed by atoms with Crippen LogP contribution >= 0.6 is 11.6 Å². The minimum atomic E-state index is -0.213. The number of halogens is 1. The first kappa shape index (κ1) is 15.6. The zero-order chi connectivity index (χ0) is 15.2. The Morgan fingerprint density at radius 1 is 1.33 bits per heavy atom. The molecule has 0 spiro atoms. The number of anilines is 1. The standard InChI is InChI=1S/C16H19ClN2O2/c1-19(16(21)10-12-4-2-3-5-12)11-15(20)18-14-8-6-13(17)7-9-14/h2,4,6-9,12H,3,5,10-11H2,1H3,(H,18,20)/t12-/m1/s1. The molecule has 0 unspecified atom stereocenters. The fourth-order valence-electron chi connectivity index (χ4n) is 2.28. The van der Waals surface area contributed by atoms with Crippen molar-refractivity contribution in [2.75, 3.05) is 18.9 Å². The molecule has 0 saturated carbocycles. The van der Waals surface area contributed by atoms with E-state index in [1.807, 2.05) is 0 Å². The molecule has 1 aliphatic rings. The highest BCUT2D eigenvalue weighted by Crippen LogP contribution is 2.21. The second-order valence-corrected chi connectivity index (χ2v) is 5.71. The van der Waals surface area contributed by atoms with Crippen molar-refractivity contribution in [2.24, 2.45) is 5.92 Å². The average Bonchev–Trinajstić information content (AvgIpc) is 2.94. The molecule has 0 fully saturated rings. The van der Waals surface area contributed by atoms with Gasteiger partial charge in [0.05, 0.1) is 6.54 Å². The smallest absolute Gasteiger partial charge is 0.243 e. The van der Waals surface area contributed by atoms with Crippen LogP contribution < -0.4 is 5.32 Å². The van der Waals surface area contributed by atoms with E-state index in [1.54, 1.807) is 31.3 Å². The van der Waals surface area contributed by atoms with Crippen molar-refractivity contribution in [2.45, 2.75) is 19.3 Å². The Morgan fingerprint density at radius 2 is 2.05 bits per heavy atom. The number of carbonyl (C=O) groups excluding carboxylic acids is 2. The summed E-state index contributed by atoms with van der Waals surface area (Å²) in [5.74, 6) is 0.104. The zero-order valence-electron chi connectivity index (χ0n) is 12.0. The molecule has 0 radical (unpaired) electrons. The highest BCUT2D eigenvalue weighted by Gasteiger charge is 2.18. The Labute approximate surface area is 129 Å². The van der Waals surface area contributed by atoms with Gasteiger partial charge in [-0.05, 0) is 43.0 Å². The van der Waals surface area contributed by atoms with Crippen LogP contribution in [-0.4, -0.2) is 30.3 Å². The van der Waals surface area contributed by atoms with Gasteiger partial charge in [0.1, 0.15) is 0 Å². The number of hydrogen-bond donors (Lipinski definition) is 1. The highest BCUT2D eigenvalue weighted by molar-refractivity contribution is 6.30. The number of hydrogen-bond acceptors (Lipinski definition) is 2. The van der Waals surface area contributed by atoms with Gasteiger partial charge in [0, 0.05) is 24.2 Å². The van der Waals surface area contributed by atoms with Crippen LogP contribution in [0.25, 0.3) is 0 Å². The Bertz CT molecular complexity index is 540. The van der Waals surface area contributed by atoms with Gasteiger partial charge in [0.2, 0.25) is 11.8 Å². The second-order valence-electron chi connectivity index (χ2n) is 5.27. The summed E-state index contributed by atoms with van der Waals surface area (Å²) in [6.07, 6.45) is 6.72. The van der Waals surface area contributed by atoms with Crippen LogP contribution in [0.2, 0.25) is 5.02 Å². The van der Waals surface area contributed by atoms with E-state index in [2.05, 4.69) is 17.5 Å². The lowest BCUT2D eigenvalue weighted by Crippen LogP contribution is -2.35. The fraction of sp³-hybridized carbons (Fsp3) is 0.375. The summed E-state index contributed by atoms with van der Waals surface area (Å²) in [6, 6.07) is 6.87. The minimum absolute atomic E-state index is 0.00203. The molecule has 1 N–H and O–H groups in total. The molecular weight excluding hydrogens is 288 g/mol. The quantitative estimate of drug-likeness (QED) is 0.850. The van der Waals surface area contributed by atoms with E-state index in [0.717, 1.165) is 12.8 Å². The third-order valence-electron chi connectivity index (χ3n) is 3.48. The second kappa shape index (κ2) is 7.27. The lowest BCUT2D eigenvalue weighted by atomic mass is 10.0. The van der Waals surface area contributed by atoms with Crippen molar-refractivity contribution in [3.05, 3.63) is 41.4 Å². The maximum absolute atomic E-state index is 12.0.